The molecule has 0 aromatic heterocycles. The molecule has 116 valence electrons. The Morgan fingerprint density at radius 1 is 1.20 bits per heavy atom. The zero-order valence-corrected chi connectivity index (χ0v) is 13.0. The van der Waals surface area contributed by atoms with Gasteiger partial charge in [0.2, 0.25) is 0 Å². The monoisotopic (exact) mass is 281 g/mol. The van der Waals surface area contributed by atoms with Crippen molar-refractivity contribution in [2.45, 2.75) is 64.7 Å². The fraction of sp³-hybridized carbons (Fsp3) is 0.941. The maximum absolute atomic E-state index is 10.9. The van der Waals surface area contributed by atoms with Crippen molar-refractivity contribution < 1.29 is 9.90 Å². The van der Waals surface area contributed by atoms with Crippen molar-refractivity contribution in [3.8, 4) is 0 Å². The summed E-state index contributed by atoms with van der Waals surface area (Å²) in [4.78, 5) is 13.5. The molecule has 0 bridgehead atoms. The Morgan fingerprint density at radius 3 is 2.65 bits per heavy atom. The van der Waals surface area contributed by atoms with Crippen LogP contribution in [0.1, 0.15) is 64.7 Å². The van der Waals surface area contributed by atoms with Gasteiger partial charge in [-0.05, 0) is 50.1 Å². The molecule has 3 heteroatoms. The molecule has 0 radical (unpaired) electrons. The zero-order valence-electron chi connectivity index (χ0n) is 13.0. The van der Waals surface area contributed by atoms with Gasteiger partial charge >= 0.3 is 5.97 Å². The van der Waals surface area contributed by atoms with E-state index in [0.717, 1.165) is 12.5 Å². The van der Waals surface area contributed by atoms with E-state index >= 15 is 0 Å². The van der Waals surface area contributed by atoms with Crippen LogP contribution in [-0.2, 0) is 4.79 Å². The Bertz CT molecular complexity index is 299. The lowest BCUT2D eigenvalue weighted by molar-refractivity contribution is -0.138. The van der Waals surface area contributed by atoms with Crippen LogP contribution in [-0.4, -0.2) is 35.6 Å². The van der Waals surface area contributed by atoms with Crippen LogP contribution in [0.25, 0.3) is 0 Å². The summed E-state index contributed by atoms with van der Waals surface area (Å²) >= 11 is 0. The highest BCUT2D eigenvalue weighted by Crippen LogP contribution is 2.29. The lowest BCUT2D eigenvalue weighted by atomic mass is 9.84. The minimum atomic E-state index is -0.642. The fourth-order valence-electron chi connectivity index (χ4n) is 4.04. The van der Waals surface area contributed by atoms with Gasteiger partial charge in [0.1, 0.15) is 0 Å². The second kappa shape index (κ2) is 8.02. The van der Waals surface area contributed by atoms with Crippen molar-refractivity contribution in [2.24, 2.45) is 17.8 Å². The molecule has 2 fully saturated rings. The van der Waals surface area contributed by atoms with Gasteiger partial charge in [0.25, 0.3) is 0 Å². The predicted octanol–water partition coefficient (Wildman–Crippen LogP) is 3.78. The van der Waals surface area contributed by atoms with Gasteiger partial charge in [0.15, 0.2) is 0 Å². The Balaban J connectivity index is 1.70. The number of carboxylic acid groups (broad SMARTS) is 1. The highest BCUT2D eigenvalue weighted by molar-refractivity contribution is 5.66. The van der Waals surface area contributed by atoms with E-state index < -0.39 is 5.97 Å². The van der Waals surface area contributed by atoms with Crippen LogP contribution in [0.2, 0.25) is 0 Å². The normalized spacial score (nSPS) is 27.4. The summed E-state index contributed by atoms with van der Waals surface area (Å²) in [7, 11) is 0. The molecule has 0 amide bonds. The summed E-state index contributed by atoms with van der Waals surface area (Å²) in [6.07, 6.45) is 11.3. The third-order valence-corrected chi connectivity index (χ3v) is 5.42. The molecule has 0 spiro atoms. The maximum atomic E-state index is 10.9. The quantitative estimate of drug-likeness (QED) is 0.805. The first kappa shape index (κ1) is 15.8. The van der Waals surface area contributed by atoms with Crippen molar-refractivity contribution in [3.05, 3.63) is 0 Å². The fourth-order valence-corrected chi connectivity index (χ4v) is 4.04. The first-order valence-corrected chi connectivity index (χ1v) is 8.59. The molecule has 20 heavy (non-hydrogen) atoms. The van der Waals surface area contributed by atoms with Gasteiger partial charge in [-0.15, -0.1) is 0 Å². The van der Waals surface area contributed by atoms with Crippen molar-refractivity contribution in [1.82, 2.24) is 4.90 Å². The number of aliphatic carboxylic acids is 1. The van der Waals surface area contributed by atoms with Crippen LogP contribution in [0.15, 0.2) is 0 Å². The first-order valence-electron chi connectivity index (χ1n) is 8.59. The van der Waals surface area contributed by atoms with E-state index in [1.807, 2.05) is 0 Å². The average molecular weight is 281 g/mol. The van der Waals surface area contributed by atoms with Crippen LogP contribution in [0, 0.1) is 17.8 Å². The van der Waals surface area contributed by atoms with E-state index in [9.17, 15) is 4.79 Å². The summed E-state index contributed by atoms with van der Waals surface area (Å²) in [5.74, 6) is 1.23. The number of hydrogen-bond acceptors (Lipinski definition) is 2. The van der Waals surface area contributed by atoms with E-state index in [0.29, 0.717) is 18.3 Å². The molecule has 0 aromatic carbocycles. The molecule has 2 atom stereocenters. The number of rotatable bonds is 6. The smallest absolute Gasteiger partial charge is 0.303 e. The summed E-state index contributed by atoms with van der Waals surface area (Å²) in [5.41, 5.74) is 0. The molecule has 1 saturated carbocycles. The third-order valence-electron chi connectivity index (χ3n) is 5.42. The molecule has 1 aliphatic carbocycles. The molecule has 2 aliphatic rings. The number of piperidine rings is 1. The Kier molecular flexibility index (Phi) is 6.34. The molecular formula is C17H31NO2. The molecule has 1 N–H and O–H groups in total. The Labute approximate surface area is 123 Å². The number of likely N-dealkylation sites (tertiary alicyclic amines) is 1. The topological polar surface area (TPSA) is 40.5 Å². The summed E-state index contributed by atoms with van der Waals surface area (Å²) in [5, 5.41) is 8.94. The lowest BCUT2D eigenvalue weighted by Crippen LogP contribution is -2.39. The van der Waals surface area contributed by atoms with Crippen LogP contribution in [0.3, 0.4) is 0 Å². The molecule has 1 aliphatic heterocycles. The zero-order chi connectivity index (χ0) is 14.4. The minimum absolute atomic E-state index is 0.324. The van der Waals surface area contributed by atoms with Gasteiger partial charge in [-0.25, -0.2) is 0 Å². The number of hydrogen-bond donors (Lipinski definition) is 1. The minimum Gasteiger partial charge on any atom is -0.481 e. The van der Waals surface area contributed by atoms with E-state index in [-0.39, 0.29) is 0 Å². The van der Waals surface area contributed by atoms with Crippen molar-refractivity contribution in [3.63, 3.8) is 0 Å². The number of carboxylic acids is 1. The average Bonchev–Trinajstić information content (AvgIpc) is 2.46. The largest absolute Gasteiger partial charge is 0.481 e. The van der Waals surface area contributed by atoms with Crippen molar-refractivity contribution in [2.75, 3.05) is 19.6 Å². The summed E-state index contributed by atoms with van der Waals surface area (Å²) in [6.45, 7) is 5.70. The highest BCUT2D eigenvalue weighted by atomic mass is 16.4. The molecule has 2 unspecified atom stereocenters. The third kappa shape index (κ3) is 5.08. The van der Waals surface area contributed by atoms with Crippen molar-refractivity contribution >= 4 is 5.97 Å². The van der Waals surface area contributed by atoms with Crippen molar-refractivity contribution in [1.29, 1.82) is 0 Å². The van der Waals surface area contributed by atoms with Gasteiger partial charge in [-0.3, -0.25) is 4.79 Å². The van der Waals surface area contributed by atoms with Gasteiger partial charge < -0.3 is 10.0 Å². The summed E-state index contributed by atoms with van der Waals surface area (Å²) < 4.78 is 0. The van der Waals surface area contributed by atoms with E-state index in [1.54, 1.807) is 0 Å². The molecule has 3 nitrogen and oxygen atoms in total. The second-order valence-electron chi connectivity index (χ2n) is 7.07. The van der Waals surface area contributed by atoms with Gasteiger partial charge in [-0.2, -0.15) is 0 Å². The van der Waals surface area contributed by atoms with E-state index in [4.69, 9.17) is 5.11 Å². The van der Waals surface area contributed by atoms with Crippen LogP contribution in [0.5, 0.6) is 0 Å². The van der Waals surface area contributed by atoms with E-state index in [2.05, 4.69) is 11.8 Å². The van der Waals surface area contributed by atoms with Crippen LogP contribution >= 0.6 is 0 Å². The molecule has 1 saturated heterocycles. The number of carbonyl (C=O) groups is 1. The molecule has 0 aromatic rings. The SMILES string of the molecule is CC(CC(=O)O)C1CCCN(CCC2CCCCC2)C1. The highest BCUT2D eigenvalue weighted by Gasteiger charge is 2.26. The predicted molar refractivity (Wildman–Crippen MR) is 81.8 cm³/mol. The lowest BCUT2D eigenvalue weighted by Gasteiger charge is -2.36. The first-order chi connectivity index (χ1) is 9.65. The standard InChI is InChI=1S/C17H31NO2/c1-14(12-17(19)20)16-8-5-10-18(13-16)11-9-15-6-3-2-4-7-15/h14-16H,2-13H2,1H3,(H,19,20). The molecule has 1 heterocycles. The molecular weight excluding hydrogens is 250 g/mol. The van der Waals surface area contributed by atoms with Crippen LogP contribution < -0.4 is 0 Å². The second-order valence-corrected chi connectivity index (χ2v) is 7.07. The van der Waals surface area contributed by atoms with Crippen LogP contribution in [0.4, 0.5) is 0 Å². The van der Waals surface area contributed by atoms with Gasteiger partial charge in [-0.1, -0.05) is 39.0 Å². The molecule has 2 rings (SSSR count). The maximum Gasteiger partial charge on any atom is 0.303 e. The van der Waals surface area contributed by atoms with E-state index in [1.165, 1.54) is 64.5 Å². The Morgan fingerprint density at radius 2 is 1.95 bits per heavy atom. The van der Waals surface area contributed by atoms with Gasteiger partial charge in [0, 0.05) is 13.0 Å². The van der Waals surface area contributed by atoms with Gasteiger partial charge in [0.05, 0.1) is 0 Å². The number of nitrogens with zero attached hydrogens (tertiary/aromatic N) is 1. The Hall–Kier alpha value is -0.570. The summed E-state index contributed by atoms with van der Waals surface area (Å²) in [6, 6.07) is 0.